The molecule has 0 aliphatic heterocycles. The van der Waals surface area contributed by atoms with Gasteiger partial charge < -0.3 is 15.8 Å². The first-order chi connectivity index (χ1) is 16.1. The average Bonchev–Trinajstić information content (AvgIpc) is 3.63. The SMILES string of the molecule is Cc1ccc(OCC(N)c2ccccc2)cc1C(=O)NC1(c2cccc3ccccc23)CC1. The van der Waals surface area contributed by atoms with Crippen molar-refractivity contribution in [3.63, 3.8) is 0 Å². The molecule has 0 heterocycles. The van der Waals surface area contributed by atoms with Gasteiger partial charge in [-0.3, -0.25) is 4.79 Å². The molecule has 1 unspecified atom stereocenters. The van der Waals surface area contributed by atoms with Crippen molar-refractivity contribution in [2.45, 2.75) is 31.3 Å². The Morgan fingerprint density at radius 2 is 1.70 bits per heavy atom. The average molecular weight is 437 g/mol. The molecular weight excluding hydrogens is 408 g/mol. The summed E-state index contributed by atoms with van der Waals surface area (Å²) in [5.41, 5.74) is 9.72. The van der Waals surface area contributed by atoms with E-state index in [4.69, 9.17) is 10.5 Å². The summed E-state index contributed by atoms with van der Waals surface area (Å²) in [4.78, 5) is 13.4. The van der Waals surface area contributed by atoms with E-state index in [2.05, 4.69) is 41.7 Å². The summed E-state index contributed by atoms with van der Waals surface area (Å²) >= 11 is 0. The molecule has 0 radical (unpaired) electrons. The molecule has 1 aliphatic rings. The lowest BCUT2D eigenvalue weighted by Gasteiger charge is -2.21. The van der Waals surface area contributed by atoms with Crippen LogP contribution in [0.5, 0.6) is 5.75 Å². The second-order valence-electron chi connectivity index (χ2n) is 8.87. The predicted molar refractivity (Wildman–Crippen MR) is 132 cm³/mol. The van der Waals surface area contributed by atoms with Gasteiger partial charge in [-0.2, -0.15) is 0 Å². The van der Waals surface area contributed by atoms with E-state index in [-0.39, 0.29) is 17.5 Å². The van der Waals surface area contributed by atoms with Gasteiger partial charge in [-0.25, -0.2) is 0 Å². The number of fused-ring (bicyclic) bond motifs is 1. The van der Waals surface area contributed by atoms with Crippen molar-refractivity contribution in [3.05, 3.63) is 113 Å². The van der Waals surface area contributed by atoms with E-state index in [0.29, 0.717) is 17.9 Å². The van der Waals surface area contributed by atoms with Gasteiger partial charge in [0.2, 0.25) is 0 Å². The van der Waals surface area contributed by atoms with Gasteiger partial charge in [0.15, 0.2) is 0 Å². The topological polar surface area (TPSA) is 64.3 Å². The highest BCUT2D eigenvalue weighted by atomic mass is 16.5. The van der Waals surface area contributed by atoms with Crippen LogP contribution < -0.4 is 15.8 Å². The Labute approximate surface area is 194 Å². The fraction of sp³-hybridized carbons (Fsp3) is 0.207. The molecule has 0 bridgehead atoms. The number of rotatable bonds is 7. The molecule has 0 saturated heterocycles. The summed E-state index contributed by atoms with van der Waals surface area (Å²) in [5, 5.41) is 5.72. The van der Waals surface area contributed by atoms with Gasteiger partial charge in [0, 0.05) is 5.56 Å². The minimum Gasteiger partial charge on any atom is -0.492 e. The minimum absolute atomic E-state index is 0.0734. The monoisotopic (exact) mass is 436 g/mol. The van der Waals surface area contributed by atoms with E-state index >= 15 is 0 Å². The summed E-state index contributed by atoms with van der Waals surface area (Å²) in [7, 11) is 0. The number of aryl methyl sites for hydroxylation is 1. The number of hydrogen-bond acceptors (Lipinski definition) is 3. The van der Waals surface area contributed by atoms with Crippen molar-refractivity contribution in [1.29, 1.82) is 0 Å². The van der Waals surface area contributed by atoms with Crippen LogP contribution in [-0.2, 0) is 5.54 Å². The Balaban J connectivity index is 1.33. The standard InChI is InChI=1S/C29H28N2O2/c1-20-14-15-23(33-19-27(30)22-9-3-2-4-10-22)18-25(20)28(32)31-29(16-17-29)26-13-7-11-21-8-5-6-12-24(21)26/h2-15,18,27H,16-17,19,30H2,1H3,(H,31,32). The lowest BCUT2D eigenvalue weighted by Crippen LogP contribution is -2.35. The molecular formula is C29H28N2O2. The van der Waals surface area contributed by atoms with Crippen LogP contribution in [0.25, 0.3) is 10.8 Å². The number of carbonyl (C=O) groups excluding carboxylic acids is 1. The highest BCUT2D eigenvalue weighted by molar-refractivity contribution is 5.97. The fourth-order valence-electron chi connectivity index (χ4n) is 4.43. The first-order valence-corrected chi connectivity index (χ1v) is 11.4. The summed E-state index contributed by atoms with van der Waals surface area (Å²) in [6, 6.07) is 29.9. The highest BCUT2D eigenvalue weighted by Gasteiger charge is 2.46. The summed E-state index contributed by atoms with van der Waals surface area (Å²) in [6.07, 6.45) is 1.88. The molecule has 4 heteroatoms. The number of nitrogens with two attached hydrogens (primary N) is 1. The van der Waals surface area contributed by atoms with Gasteiger partial charge in [0.05, 0.1) is 11.6 Å². The maximum atomic E-state index is 13.4. The van der Waals surface area contributed by atoms with Crippen LogP contribution in [0.4, 0.5) is 0 Å². The Morgan fingerprint density at radius 3 is 2.48 bits per heavy atom. The van der Waals surface area contributed by atoms with E-state index in [0.717, 1.165) is 24.0 Å². The normalized spacial score (nSPS) is 15.1. The van der Waals surface area contributed by atoms with Crippen LogP contribution in [0.1, 0.15) is 45.9 Å². The van der Waals surface area contributed by atoms with Crippen LogP contribution in [0, 0.1) is 6.92 Å². The first-order valence-electron chi connectivity index (χ1n) is 11.4. The quantitative estimate of drug-likeness (QED) is 0.394. The van der Waals surface area contributed by atoms with Crippen LogP contribution >= 0.6 is 0 Å². The molecule has 1 aliphatic carbocycles. The zero-order chi connectivity index (χ0) is 22.8. The first kappa shape index (κ1) is 21.2. The molecule has 4 aromatic rings. The maximum absolute atomic E-state index is 13.4. The number of carbonyl (C=O) groups is 1. The van der Waals surface area contributed by atoms with Gasteiger partial charge in [-0.1, -0.05) is 78.9 Å². The molecule has 0 aromatic heterocycles. The Kier molecular flexibility index (Phi) is 5.61. The summed E-state index contributed by atoms with van der Waals surface area (Å²) < 4.78 is 5.95. The fourth-order valence-corrected chi connectivity index (χ4v) is 4.43. The molecule has 0 spiro atoms. The second-order valence-corrected chi connectivity index (χ2v) is 8.87. The molecule has 1 atom stereocenters. The minimum atomic E-state index is -0.309. The lowest BCUT2D eigenvalue weighted by atomic mass is 9.96. The van der Waals surface area contributed by atoms with E-state index in [1.807, 2.05) is 61.5 Å². The predicted octanol–water partition coefficient (Wildman–Crippen LogP) is 5.65. The number of amides is 1. The number of hydrogen-bond donors (Lipinski definition) is 2. The molecule has 5 rings (SSSR count). The molecule has 4 nitrogen and oxygen atoms in total. The lowest BCUT2D eigenvalue weighted by molar-refractivity contribution is 0.0930. The molecule has 4 aromatic carbocycles. The number of nitrogens with one attached hydrogen (secondary N) is 1. The Bertz CT molecular complexity index is 1290. The number of benzene rings is 4. The van der Waals surface area contributed by atoms with Crippen LogP contribution in [0.15, 0.2) is 91.0 Å². The van der Waals surface area contributed by atoms with Gasteiger partial charge >= 0.3 is 0 Å². The van der Waals surface area contributed by atoms with E-state index in [9.17, 15) is 4.79 Å². The molecule has 166 valence electrons. The van der Waals surface area contributed by atoms with Gasteiger partial charge in [-0.15, -0.1) is 0 Å². The largest absolute Gasteiger partial charge is 0.492 e. The van der Waals surface area contributed by atoms with Crippen LogP contribution in [-0.4, -0.2) is 12.5 Å². The van der Waals surface area contributed by atoms with Crippen molar-refractivity contribution in [2.75, 3.05) is 6.61 Å². The van der Waals surface area contributed by atoms with Gasteiger partial charge in [0.25, 0.3) is 5.91 Å². The zero-order valence-electron chi connectivity index (χ0n) is 18.8. The van der Waals surface area contributed by atoms with E-state index < -0.39 is 0 Å². The molecule has 1 amide bonds. The van der Waals surface area contributed by atoms with Gasteiger partial charge in [-0.05, 0) is 59.4 Å². The third-order valence-electron chi connectivity index (χ3n) is 6.52. The van der Waals surface area contributed by atoms with Crippen molar-refractivity contribution < 1.29 is 9.53 Å². The van der Waals surface area contributed by atoms with Crippen LogP contribution in [0.3, 0.4) is 0 Å². The molecule has 1 fully saturated rings. The van der Waals surface area contributed by atoms with Crippen molar-refractivity contribution in [3.8, 4) is 5.75 Å². The summed E-state index contributed by atoms with van der Waals surface area (Å²) in [5.74, 6) is 0.572. The van der Waals surface area contributed by atoms with E-state index in [1.165, 1.54) is 16.3 Å². The highest BCUT2D eigenvalue weighted by Crippen LogP contribution is 2.48. The Hall–Kier alpha value is -3.63. The zero-order valence-corrected chi connectivity index (χ0v) is 18.8. The Morgan fingerprint density at radius 1 is 0.970 bits per heavy atom. The smallest absolute Gasteiger partial charge is 0.252 e. The molecule has 33 heavy (non-hydrogen) atoms. The second kappa shape index (κ2) is 8.72. The third-order valence-corrected chi connectivity index (χ3v) is 6.52. The van der Waals surface area contributed by atoms with Crippen molar-refractivity contribution >= 4 is 16.7 Å². The molecule has 1 saturated carbocycles. The summed E-state index contributed by atoms with van der Waals surface area (Å²) in [6.45, 7) is 2.29. The third kappa shape index (κ3) is 4.35. The van der Waals surface area contributed by atoms with Crippen molar-refractivity contribution in [1.82, 2.24) is 5.32 Å². The van der Waals surface area contributed by atoms with Gasteiger partial charge in [0.1, 0.15) is 12.4 Å². The van der Waals surface area contributed by atoms with E-state index in [1.54, 1.807) is 0 Å². The molecule has 3 N–H and O–H groups in total. The number of ether oxygens (including phenoxy) is 1. The van der Waals surface area contributed by atoms with Crippen LogP contribution in [0.2, 0.25) is 0 Å². The maximum Gasteiger partial charge on any atom is 0.252 e. The van der Waals surface area contributed by atoms with Crippen molar-refractivity contribution in [2.24, 2.45) is 5.73 Å².